The second-order valence-electron chi connectivity index (χ2n) is 4.34. The van der Waals surface area contributed by atoms with Crippen molar-refractivity contribution >= 4 is 11.8 Å². The average molecular weight is 279 g/mol. The first-order chi connectivity index (χ1) is 9.17. The van der Waals surface area contributed by atoms with E-state index in [0.29, 0.717) is 0 Å². The molecule has 1 aromatic carbocycles. The number of hydrogen-bond donors (Lipinski definition) is 1. The molecule has 0 aliphatic carbocycles. The minimum atomic E-state index is -0.112. The van der Waals surface area contributed by atoms with Crippen molar-refractivity contribution in [2.24, 2.45) is 0 Å². The van der Waals surface area contributed by atoms with Crippen LogP contribution >= 0.6 is 11.8 Å². The molecule has 4 heteroatoms. The summed E-state index contributed by atoms with van der Waals surface area (Å²) in [4.78, 5) is 2.17. The lowest BCUT2D eigenvalue weighted by Crippen LogP contribution is -2.14. The summed E-state index contributed by atoms with van der Waals surface area (Å²) in [5.41, 5.74) is 2.06. The van der Waals surface area contributed by atoms with Gasteiger partial charge >= 0.3 is 0 Å². The summed E-state index contributed by atoms with van der Waals surface area (Å²) in [7, 11) is 5.83. The van der Waals surface area contributed by atoms with Crippen molar-refractivity contribution < 1.29 is 9.84 Å². The van der Waals surface area contributed by atoms with Crippen molar-refractivity contribution in [3.05, 3.63) is 29.3 Å². The Kier molecular flexibility index (Phi) is 7.42. The maximum atomic E-state index is 8.72. The van der Waals surface area contributed by atoms with Gasteiger partial charge < -0.3 is 14.7 Å². The third-order valence-electron chi connectivity index (χ3n) is 2.53. The van der Waals surface area contributed by atoms with E-state index in [-0.39, 0.29) is 6.61 Å². The fraction of sp³-hybridized carbons (Fsp3) is 0.467. The van der Waals surface area contributed by atoms with Gasteiger partial charge in [-0.3, -0.25) is 0 Å². The van der Waals surface area contributed by atoms with Crippen LogP contribution in [-0.2, 0) is 5.75 Å². The monoisotopic (exact) mass is 279 g/mol. The van der Waals surface area contributed by atoms with E-state index in [1.165, 1.54) is 0 Å². The van der Waals surface area contributed by atoms with Crippen molar-refractivity contribution in [3.8, 4) is 17.6 Å². The van der Waals surface area contributed by atoms with E-state index in [4.69, 9.17) is 9.84 Å². The minimum absolute atomic E-state index is 0.112. The Labute approximate surface area is 120 Å². The smallest absolute Gasteiger partial charge is 0.122 e. The van der Waals surface area contributed by atoms with Gasteiger partial charge in [-0.25, -0.2) is 0 Å². The zero-order chi connectivity index (χ0) is 14.1. The van der Waals surface area contributed by atoms with Crippen molar-refractivity contribution in [1.29, 1.82) is 0 Å². The van der Waals surface area contributed by atoms with Gasteiger partial charge in [-0.05, 0) is 32.3 Å². The van der Waals surface area contributed by atoms with Crippen LogP contribution in [0.2, 0.25) is 0 Å². The molecule has 0 heterocycles. The van der Waals surface area contributed by atoms with E-state index < -0.39 is 0 Å². The summed E-state index contributed by atoms with van der Waals surface area (Å²) in [6.45, 7) is 0.954. The molecule has 0 aliphatic rings. The van der Waals surface area contributed by atoms with Crippen LogP contribution in [0.4, 0.5) is 0 Å². The Morgan fingerprint density at radius 2 is 2.16 bits per heavy atom. The van der Waals surface area contributed by atoms with E-state index in [1.54, 1.807) is 7.11 Å². The highest BCUT2D eigenvalue weighted by atomic mass is 32.2. The maximum absolute atomic E-state index is 8.72. The highest BCUT2D eigenvalue weighted by molar-refractivity contribution is 7.98. The van der Waals surface area contributed by atoms with Crippen molar-refractivity contribution in [2.75, 3.05) is 40.1 Å². The summed E-state index contributed by atoms with van der Waals surface area (Å²) in [5.74, 6) is 8.47. The summed E-state index contributed by atoms with van der Waals surface area (Å²) in [6.07, 6.45) is 0. The predicted molar refractivity (Wildman–Crippen MR) is 81.7 cm³/mol. The van der Waals surface area contributed by atoms with Crippen molar-refractivity contribution in [1.82, 2.24) is 4.90 Å². The first-order valence-electron chi connectivity index (χ1n) is 6.16. The summed E-state index contributed by atoms with van der Waals surface area (Å²) in [6, 6.07) is 5.88. The Bertz CT molecular complexity index is 449. The summed E-state index contributed by atoms with van der Waals surface area (Å²) >= 11 is 1.88. The first kappa shape index (κ1) is 15.9. The molecule has 1 rings (SSSR count). The SMILES string of the molecule is COc1ccc(C#CCO)cc1CSCCN(C)C. The lowest BCUT2D eigenvalue weighted by Gasteiger charge is -2.11. The fourth-order valence-electron chi connectivity index (χ4n) is 1.54. The molecule has 0 fully saturated rings. The molecular formula is C15H21NO2S. The van der Waals surface area contributed by atoms with Crippen LogP contribution in [0.3, 0.4) is 0 Å². The number of benzene rings is 1. The number of thioether (sulfide) groups is 1. The number of rotatable bonds is 6. The lowest BCUT2D eigenvalue weighted by atomic mass is 10.1. The molecule has 0 saturated carbocycles. The highest BCUT2D eigenvalue weighted by Gasteiger charge is 2.04. The molecule has 0 aromatic heterocycles. The minimum Gasteiger partial charge on any atom is -0.496 e. The molecule has 0 amide bonds. The molecule has 104 valence electrons. The van der Waals surface area contributed by atoms with Gasteiger partial charge in [0.2, 0.25) is 0 Å². The normalized spacial score (nSPS) is 10.2. The number of methoxy groups -OCH3 is 1. The van der Waals surface area contributed by atoms with Gasteiger partial charge in [-0.15, -0.1) is 0 Å². The Morgan fingerprint density at radius 1 is 1.37 bits per heavy atom. The summed E-state index contributed by atoms with van der Waals surface area (Å²) < 4.78 is 5.36. The largest absolute Gasteiger partial charge is 0.496 e. The van der Waals surface area contributed by atoms with Crippen LogP contribution in [0.25, 0.3) is 0 Å². The van der Waals surface area contributed by atoms with Crippen LogP contribution in [0.1, 0.15) is 11.1 Å². The van der Waals surface area contributed by atoms with Gasteiger partial charge in [0.05, 0.1) is 7.11 Å². The third kappa shape index (κ3) is 6.02. The standard InChI is InChI=1S/C15H21NO2S/c1-16(2)8-10-19-12-14-11-13(5-4-9-17)6-7-15(14)18-3/h6-7,11,17H,8-10,12H2,1-3H3. The Hall–Kier alpha value is -1.15. The van der Waals surface area contributed by atoms with Gasteiger partial charge in [0.15, 0.2) is 0 Å². The Balaban J connectivity index is 2.67. The van der Waals surface area contributed by atoms with Gasteiger partial charge in [0.1, 0.15) is 12.4 Å². The molecule has 19 heavy (non-hydrogen) atoms. The van der Waals surface area contributed by atoms with E-state index >= 15 is 0 Å². The summed E-state index contributed by atoms with van der Waals surface area (Å²) in [5, 5.41) is 8.72. The van der Waals surface area contributed by atoms with Crippen molar-refractivity contribution in [2.45, 2.75) is 5.75 Å². The number of nitrogens with zero attached hydrogens (tertiary/aromatic N) is 1. The molecule has 0 spiro atoms. The molecule has 0 radical (unpaired) electrons. The van der Waals surface area contributed by atoms with Crippen molar-refractivity contribution in [3.63, 3.8) is 0 Å². The van der Waals surface area contributed by atoms with E-state index in [0.717, 1.165) is 34.9 Å². The van der Waals surface area contributed by atoms with Crippen LogP contribution in [-0.4, -0.2) is 50.1 Å². The fourth-order valence-corrected chi connectivity index (χ4v) is 2.62. The van der Waals surface area contributed by atoms with E-state index in [9.17, 15) is 0 Å². The zero-order valence-corrected chi connectivity index (χ0v) is 12.6. The maximum Gasteiger partial charge on any atom is 0.122 e. The van der Waals surface area contributed by atoms with Crippen LogP contribution in [0, 0.1) is 11.8 Å². The van der Waals surface area contributed by atoms with E-state index in [1.807, 2.05) is 30.0 Å². The van der Waals surface area contributed by atoms with Crippen LogP contribution in [0.15, 0.2) is 18.2 Å². The molecule has 0 bridgehead atoms. The molecule has 1 aromatic rings. The molecule has 0 atom stereocenters. The second-order valence-corrected chi connectivity index (χ2v) is 5.45. The zero-order valence-electron chi connectivity index (χ0n) is 11.8. The molecule has 1 N–H and O–H groups in total. The third-order valence-corrected chi connectivity index (χ3v) is 3.52. The predicted octanol–water partition coefficient (Wildman–Crippen LogP) is 1.83. The lowest BCUT2D eigenvalue weighted by molar-refractivity contribution is 0.350. The first-order valence-corrected chi connectivity index (χ1v) is 7.32. The molecule has 0 aliphatic heterocycles. The molecule has 0 unspecified atom stereocenters. The van der Waals surface area contributed by atoms with Gasteiger partial charge in [-0.2, -0.15) is 11.8 Å². The highest BCUT2D eigenvalue weighted by Crippen LogP contribution is 2.24. The number of ether oxygens (including phenoxy) is 1. The molecule has 3 nitrogen and oxygen atoms in total. The average Bonchev–Trinajstić information content (AvgIpc) is 2.41. The molecular weight excluding hydrogens is 258 g/mol. The number of hydrogen-bond acceptors (Lipinski definition) is 4. The van der Waals surface area contributed by atoms with E-state index in [2.05, 4.69) is 30.8 Å². The van der Waals surface area contributed by atoms with Gasteiger partial charge in [0.25, 0.3) is 0 Å². The van der Waals surface area contributed by atoms with Gasteiger partial charge in [0, 0.05) is 29.2 Å². The number of aliphatic hydroxyl groups is 1. The van der Waals surface area contributed by atoms with Crippen LogP contribution < -0.4 is 4.74 Å². The topological polar surface area (TPSA) is 32.7 Å². The quantitative estimate of drug-likeness (QED) is 0.636. The van der Waals surface area contributed by atoms with Crippen LogP contribution in [0.5, 0.6) is 5.75 Å². The Morgan fingerprint density at radius 3 is 2.79 bits per heavy atom. The van der Waals surface area contributed by atoms with Gasteiger partial charge in [-0.1, -0.05) is 11.8 Å². The number of aliphatic hydroxyl groups excluding tert-OH is 1. The molecule has 0 saturated heterocycles. The second kappa shape index (κ2) is 8.87.